The van der Waals surface area contributed by atoms with Crippen LogP contribution < -0.4 is 5.32 Å². The van der Waals surface area contributed by atoms with Crippen LogP contribution in [0.25, 0.3) is 0 Å². The summed E-state index contributed by atoms with van der Waals surface area (Å²) in [6.07, 6.45) is 7.71. The van der Waals surface area contributed by atoms with Gasteiger partial charge < -0.3 is 14.8 Å². The van der Waals surface area contributed by atoms with Crippen molar-refractivity contribution < 1.29 is 4.79 Å². The minimum absolute atomic E-state index is 0.251. The molecule has 0 radical (unpaired) electrons. The van der Waals surface area contributed by atoms with Crippen molar-refractivity contribution in [3.05, 3.63) is 24.0 Å². The van der Waals surface area contributed by atoms with E-state index in [0.717, 1.165) is 32.5 Å². The van der Waals surface area contributed by atoms with Crippen LogP contribution in [0.15, 0.2) is 18.5 Å². The van der Waals surface area contributed by atoms with Gasteiger partial charge in [-0.15, -0.1) is 0 Å². The highest BCUT2D eigenvalue weighted by Crippen LogP contribution is 2.22. The summed E-state index contributed by atoms with van der Waals surface area (Å²) in [5.74, 6) is 0.792. The Bertz CT molecular complexity index is 447. The fourth-order valence-corrected chi connectivity index (χ4v) is 3.10. The van der Waals surface area contributed by atoms with Crippen LogP contribution >= 0.6 is 0 Å². The number of piperidine rings is 1. The molecule has 1 amide bonds. The summed E-state index contributed by atoms with van der Waals surface area (Å²) in [7, 11) is 0. The van der Waals surface area contributed by atoms with E-state index in [2.05, 4.69) is 38.4 Å². The Morgan fingerprint density at radius 1 is 1.29 bits per heavy atom. The Kier molecular flexibility index (Phi) is 5.85. The average Bonchev–Trinajstić information content (AvgIpc) is 2.93. The molecule has 0 spiro atoms. The van der Waals surface area contributed by atoms with Crippen LogP contribution in [0.2, 0.25) is 0 Å². The average molecular weight is 291 g/mol. The van der Waals surface area contributed by atoms with E-state index in [1.807, 2.05) is 15.7 Å². The number of amides is 1. The zero-order valence-electron chi connectivity index (χ0n) is 13.6. The molecule has 1 aliphatic rings. The maximum absolute atomic E-state index is 12.3. The van der Waals surface area contributed by atoms with E-state index in [-0.39, 0.29) is 5.91 Å². The summed E-state index contributed by atoms with van der Waals surface area (Å²) >= 11 is 0. The van der Waals surface area contributed by atoms with Crippen molar-refractivity contribution in [1.82, 2.24) is 14.8 Å². The predicted molar refractivity (Wildman–Crippen MR) is 86.1 cm³/mol. The molecule has 0 bridgehead atoms. The van der Waals surface area contributed by atoms with Crippen molar-refractivity contribution in [2.45, 2.75) is 52.6 Å². The molecular weight excluding hydrogens is 262 g/mol. The van der Waals surface area contributed by atoms with E-state index in [1.54, 1.807) is 0 Å². The van der Waals surface area contributed by atoms with Crippen LogP contribution in [-0.4, -0.2) is 35.0 Å². The number of nitrogens with one attached hydrogen (secondary N) is 1. The first kappa shape index (κ1) is 16.1. The van der Waals surface area contributed by atoms with E-state index < -0.39 is 0 Å². The molecule has 118 valence electrons. The minimum Gasteiger partial charge on any atom is -0.345 e. The van der Waals surface area contributed by atoms with Crippen molar-refractivity contribution in [2.24, 2.45) is 5.92 Å². The van der Waals surface area contributed by atoms with Crippen molar-refractivity contribution >= 4 is 5.91 Å². The second kappa shape index (κ2) is 7.64. The molecule has 1 aromatic rings. The number of nitrogens with zero attached hydrogens (tertiary/aromatic N) is 2. The number of hydrogen-bond acceptors (Lipinski definition) is 2. The highest BCUT2D eigenvalue weighted by Gasteiger charge is 2.18. The van der Waals surface area contributed by atoms with E-state index in [1.165, 1.54) is 12.0 Å². The van der Waals surface area contributed by atoms with Gasteiger partial charge in [0.1, 0.15) is 6.54 Å². The quantitative estimate of drug-likeness (QED) is 0.875. The summed E-state index contributed by atoms with van der Waals surface area (Å²) in [6, 6.07) is 2.50. The van der Waals surface area contributed by atoms with E-state index in [4.69, 9.17) is 0 Å². The van der Waals surface area contributed by atoms with Crippen LogP contribution in [0.5, 0.6) is 0 Å². The van der Waals surface area contributed by atoms with Gasteiger partial charge in [-0.2, -0.15) is 0 Å². The Balaban J connectivity index is 1.97. The first-order chi connectivity index (χ1) is 10.1. The third-order valence-electron chi connectivity index (χ3n) is 4.25. The number of rotatable bonds is 6. The molecule has 1 fully saturated rings. The lowest BCUT2D eigenvalue weighted by Crippen LogP contribution is -2.37. The predicted octanol–water partition coefficient (Wildman–Crippen LogP) is 2.81. The Morgan fingerprint density at radius 2 is 2.00 bits per heavy atom. The Labute approximate surface area is 128 Å². The SMILES string of the molecule is CCNC(c1ccn(CC(=O)N2CCCCC2)c1)C(C)C. The molecule has 2 rings (SSSR count). The molecule has 1 N–H and O–H groups in total. The van der Waals surface area contributed by atoms with Gasteiger partial charge >= 0.3 is 0 Å². The van der Waals surface area contributed by atoms with E-state index in [0.29, 0.717) is 18.5 Å². The summed E-state index contributed by atoms with van der Waals surface area (Å²) in [6.45, 7) is 9.87. The smallest absolute Gasteiger partial charge is 0.242 e. The second-order valence-electron chi connectivity index (χ2n) is 6.34. The molecule has 2 heterocycles. The summed E-state index contributed by atoms with van der Waals surface area (Å²) in [4.78, 5) is 14.3. The Morgan fingerprint density at radius 3 is 2.62 bits per heavy atom. The number of likely N-dealkylation sites (tertiary alicyclic amines) is 1. The summed E-state index contributed by atoms with van der Waals surface area (Å²) in [5.41, 5.74) is 1.28. The third kappa shape index (κ3) is 4.34. The minimum atomic E-state index is 0.251. The highest BCUT2D eigenvalue weighted by molar-refractivity contribution is 5.76. The third-order valence-corrected chi connectivity index (χ3v) is 4.25. The largest absolute Gasteiger partial charge is 0.345 e. The second-order valence-corrected chi connectivity index (χ2v) is 6.34. The monoisotopic (exact) mass is 291 g/mol. The molecule has 0 saturated carbocycles. The number of carbonyl (C=O) groups excluding carboxylic acids is 1. The molecule has 1 aliphatic heterocycles. The van der Waals surface area contributed by atoms with Crippen molar-refractivity contribution in [3.63, 3.8) is 0 Å². The number of hydrogen-bond donors (Lipinski definition) is 1. The lowest BCUT2D eigenvalue weighted by Gasteiger charge is -2.26. The fourth-order valence-electron chi connectivity index (χ4n) is 3.10. The zero-order chi connectivity index (χ0) is 15.2. The molecule has 4 nitrogen and oxygen atoms in total. The fraction of sp³-hybridized carbons (Fsp3) is 0.706. The van der Waals surface area contributed by atoms with Gasteiger partial charge in [0.2, 0.25) is 5.91 Å². The van der Waals surface area contributed by atoms with Crippen molar-refractivity contribution in [2.75, 3.05) is 19.6 Å². The molecule has 1 aromatic heterocycles. The molecular formula is C17H29N3O. The van der Waals surface area contributed by atoms with Gasteiger partial charge in [0, 0.05) is 31.5 Å². The molecule has 1 atom stereocenters. The molecule has 4 heteroatoms. The number of carbonyl (C=O) groups is 1. The van der Waals surface area contributed by atoms with Crippen molar-refractivity contribution in [1.29, 1.82) is 0 Å². The van der Waals surface area contributed by atoms with E-state index >= 15 is 0 Å². The Hall–Kier alpha value is -1.29. The summed E-state index contributed by atoms with van der Waals surface area (Å²) in [5, 5.41) is 3.52. The van der Waals surface area contributed by atoms with Crippen LogP contribution in [0, 0.1) is 5.92 Å². The molecule has 1 unspecified atom stereocenters. The van der Waals surface area contributed by atoms with Gasteiger partial charge in [-0.25, -0.2) is 0 Å². The van der Waals surface area contributed by atoms with Gasteiger partial charge in [-0.3, -0.25) is 4.79 Å². The van der Waals surface area contributed by atoms with E-state index in [9.17, 15) is 4.79 Å². The van der Waals surface area contributed by atoms with Gasteiger partial charge in [-0.05, 0) is 43.4 Å². The molecule has 0 aliphatic carbocycles. The zero-order valence-corrected chi connectivity index (χ0v) is 13.6. The molecule has 0 aromatic carbocycles. The lowest BCUT2D eigenvalue weighted by atomic mass is 9.98. The maximum Gasteiger partial charge on any atom is 0.242 e. The summed E-state index contributed by atoms with van der Waals surface area (Å²) < 4.78 is 2.03. The van der Waals surface area contributed by atoms with Crippen LogP contribution in [0.3, 0.4) is 0 Å². The number of aromatic nitrogens is 1. The maximum atomic E-state index is 12.3. The normalized spacial score (nSPS) is 17.2. The van der Waals surface area contributed by atoms with Crippen LogP contribution in [0.4, 0.5) is 0 Å². The van der Waals surface area contributed by atoms with Gasteiger partial charge in [0.15, 0.2) is 0 Å². The molecule has 21 heavy (non-hydrogen) atoms. The van der Waals surface area contributed by atoms with Gasteiger partial charge in [-0.1, -0.05) is 20.8 Å². The highest BCUT2D eigenvalue weighted by atomic mass is 16.2. The van der Waals surface area contributed by atoms with Crippen molar-refractivity contribution in [3.8, 4) is 0 Å². The first-order valence-corrected chi connectivity index (χ1v) is 8.28. The van der Waals surface area contributed by atoms with Gasteiger partial charge in [0.25, 0.3) is 0 Å². The van der Waals surface area contributed by atoms with Gasteiger partial charge in [0.05, 0.1) is 0 Å². The van der Waals surface area contributed by atoms with Crippen LogP contribution in [0.1, 0.15) is 51.6 Å². The standard InChI is InChI=1S/C17H29N3O/c1-4-18-17(14(2)3)15-8-11-19(12-15)13-16(21)20-9-6-5-7-10-20/h8,11-12,14,17-18H,4-7,9-10,13H2,1-3H3. The lowest BCUT2D eigenvalue weighted by molar-refractivity contribution is -0.132. The van der Waals surface area contributed by atoms with Crippen LogP contribution in [-0.2, 0) is 11.3 Å². The topological polar surface area (TPSA) is 37.3 Å². The first-order valence-electron chi connectivity index (χ1n) is 8.28. The molecule has 1 saturated heterocycles.